The molecule has 2 heterocycles. The lowest BCUT2D eigenvalue weighted by Gasteiger charge is -2.44. The topological polar surface area (TPSA) is 190 Å². The van der Waals surface area contributed by atoms with Crippen molar-refractivity contribution in [2.75, 3.05) is 26.4 Å². The van der Waals surface area contributed by atoms with Crippen LogP contribution in [-0.2, 0) is 14.2 Å². The molecule has 0 amide bonds. The quantitative estimate of drug-likeness (QED) is 0.238. The van der Waals surface area contributed by atoms with Gasteiger partial charge in [0, 0.05) is 0 Å². The second-order valence-corrected chi connectivity index (χ2v) is 5.69. The average molecular weight is 342 g/mol. The highest BCUT2D eigenvalue weighted by Gasteiger charge is 2.55. The van der Waals surface area contributed by atoms with Crippen LogP contribution < -0.4 is 0 Å². The maximum absolute atomic E-state index is 9.94. The Hall–Kier alpha value is -0.440. The lowest BCUT2D eigenvalue weighted by Crippen LogP contribution is -2.64. The van der Waals surface area contributed by atoms with Crippen LogP contribution in [0.3, 0.4) is 0 Å². The number of aliphatic hydroxyl groups excluding tert-OH is 7. The molecule has 0 saturated carbocycles. The monoisotopic (exact) mass is 342 g/mol. The first-order chi connectivity index (χ1) is 10.7. The number of rotatable bonds is 5. The van der Waals surface area contributed by atoms with E-state index in [0.29, 0.717) is 0 Å². The molecule has 2 saturated heterocycles. The fourth-order valence-corrected chi connectivity index (χ4v) is 2.55. The van der Waals surface area contributed by atoms with Crippen LogP contribution in [0, 0.1) is 0 Å². The van der Waals surface area contributed by atoms with Gasteiger partial charge in [-0.1, -0.05) is 0 Å². The molecule has 11 heteroatoms. The summed E-state index contributed by atoms with van der Waals surface area (Å²) in [5.74, 6) is -4.45. The van der Waals surface area contributed by atoms with E-state index >= 15 is 0 Å². The van der Waals surface area contributed by atoms with Gasteiger partial charge in [-0.05, 0) is 0 Å². The van der Waals surface area contributed by atoms with E-state index < -0.39 is 74.6 Å². The molecule has 8 atom stereocenters. The number of hydrogen-bond acceptors (Lipinski definition) is 11. The van der Waals surface area contributed by atoms with Crippen molar-refractivity contribution in [3.63, 3.8) is 0 Å². The number of ether oxygens (including phenoxy) is 3. The van der Waals surface area contributed by atoms with Crippen molar-refractivity contribution in [2.45, 2.75) is 48.2 Å². The van der Waals surface area contributed by atoms with E-state index in [4.69, 9.17) is 19.3 Å². The summed E-state index contributed by atoms with van der Waals surface area (Å²) in [4.78, 5) is 0. The predicted octanol–water partition coefficient (Wildman–Crippen LogP) is -5.39. The first kappa shape index (κ1) is 18.9. The first-order valence-electron chi connectivity index (χ1n) is 7.01. The average Bonchev–Trinajstić information content (AvgIpc) is 2.77. The summed E-state index contributed by atoms with van der Waals surface area (Å²) in [6.45, 7) is -2.83. The molecule has 0 aromatic carbocycles. The lowest BCUT2D eigenvalue weighted by atomic mass is 9.97. The highest BCUT2D eigenvalue weighted by atomic mass is 16.7. The summed E-state index contributed by atoms with van der Waals surface area (Å²) in [5, 5.41) is 76.6. The third-order valence-corrected chi connectivity index (χ3v) is 4.13. The highest BCUT2D eigenvalue weighted by molar-refractivity contribution is 4.97. The summed E-state index contributed by atoms with van der Waals surface area (Å²) in [6.07, 6.45) is -9.51. The molecule has 0 aromatic heterocycles. The van der Waals surface area contributed by atoms with Gasteiger partial charge in [-0.2, -0.15) is 0 Å². The number of hydrogen-bond donors (Lipinski definition) is 8. The Morgan fingerprint density at radius 2 is 1.61 bits per heavy atom. The molecule has 11 nitrogen and oxygen atoms in total. The third kappa shape index (κ3) is 3.23. The van der Waals surface area contributed by atoms with E-state index in [0.717, 1.165) is 0 Å². The smallest absolute Gasteiger partial charge is 0.221 e. The van der Waals surface area contributed by atoms with E-state index in [2.05, 4.69) is 0 Å². The van der Waals surface area contributed by atoms with Gasteiger partial charge in [-0.15, -0.1) is 0 Å². The van der Waals surface area contributed by atoms with Crippen molar-refractivity contribution in [1.29, 1.82) is 0 Å². The van der Waals surface area contributed by atoms with E-state index in [9.17, 15) is 35.7 Å². The van der Waals surface area contributed by atoms with Crippen molar-refractivity contribution in [3.8, 4) is 0 Å². The van der Waals surface area contributed by atoms with E-state index in [1.54, 1.807) is 0 Å². The highest BCUT2D eigenvalue weighted by Crippen LogP contribution is 2.32. The Morgan fingerprint density at radius 3 is 2.13 bits per heavy atom. The Labute approximate surface area is 130 Å². The van der Waals surface area contributed by atoms with Crippen molar-refractivity contribution in [2.24, 2.45) is 0 Å². The molecule has 136 valence electrons. The summed E-state index contributed by atoms with van der Waals surface area (Å²) >= 11 is 0. The lowest BCUT2D eigenvalue weighted by molar-refractivity contribution is -0.356. The molecular formula is C12H22O11. The molecule has 0 radical (unpaired) electrons. The van der Waals surface area contributed by atoms with Gasteiger partial charge >= 0.3 is 0 Å². The Bertz CT molecular complexity index is 408. The van der Waals surface area contributed by atoms with Crippen LogP contribution in [0.5, 0.6) is 0 Å². The molecule has 0 bridgehead atoms. The SMILES string of the molecule is OCC1(O)OC(COC2(CO)OCC(O)C(O)C2O)[C@H](O)C1O. The van der Waals surface area contributed by atoms with Crippen molar-refractivity contribution >= 4 is 0 Å². The molecule has 2 aliphatic heterocycles. The second-order valence-electron chi connectivity index (χ2n) is 5.69. The van der Waals surface area contributed by atoms with Crippen LogP contribution >= 0.6 is 0 Å². The zero-order valence-electron chi connectivity index (χ0n) is 12.1. The second kappa shape index (κ2) is 6.82. The van der Waals surface area contributed by atoms with Crippen LogP contribution in [-0.4, -0.2) is 115 Å². The standard InChI is InChI=1S/C12H22O11/c13-3-11(20)9(18)8(17)6(23-11)2-22-12(4-14)10(19)7(16)5(15)1-21-12/h5-10,13-20H,1-4H2/t5?,6?,7?,8-,9?,10?,11?,12?/m0/s1. The molecular weight excluding hydrogens is 320 g/mol. The van der Waals surface area contributed by atoms with Crippen LogP contribution in [0.1, 0.15) is 0 Å². The van der Waals surface area contributed by atoms with Crippen molar-refractivity contribution < 1.29 is 55.1 Å². The van der Waals surface area contributed by atoms with Gasteiger partial charge in [-0.3, -0.25) is 0 Å². The maximum Gasteiger partial charge on any atom is 0.221 e. The third-order valence-electron chi connectivity index (χ3n) is 4.13. The molecule has 0 aliphatic carbocycles. The minimum absolute atomic E-state index is 0.421. The Kier molecular flexibility index (Phi) is 5.60. The molecule has 8 N–H and O–H groups in total. The van der Waals surface area contributed by atoms with Gasteiger partial charge in [-0.25, -0.2) is 0 Å². The van der Waals surface area contributed by atoms with E-state index in [1.165, 1.54) is 0 Å². The van der Waals surface area contributed by atoms with Gasteiger partial charge in [0.15, 0.2) is 0 Å². The summed E-state index contributed by atoms with van der Waals surface area (Å²) in [6, 6.07) is 0. The largest absolute Gasteiger partial charge is 0.391 e. The zero-order valence-corrected chi connectivity index (χ0v) is 12.1. The fraction of sp³-hybridized carbons (Fsp3) is 1.00. The summed E-state index contributed by atoms with van der Waals surface area (Å²) < 4.78 is 15.2. The van der Waals surface area contributed by atoms with Gasteiger partial charge in [0.05, 0.1) is 19.8 Å². The Balaban J connectivity index is 2.04. The molecule has 2 rings (SSSR count). The minimum Gasteiger partial charge on any atom is -0.391 e. The summed E-state index contributed by atoms with van der Waals surface area (Å²) in [5.41, 5.74) is 0. The number of aliphatic hydroxyl groups is 8. The summed E-state index contributed by atoms with van der Waals surface area (Å²) in [7, 11) is 0. The molecule has 0 aromatic rings. The van der Waals surface area contributed by atoms with Gasteiger partial charge in [0.25, 0.3) is 0 Å². The molecule has 2 aliphatic rings. The van der Waals surface area contributed by atoms with Crippen LogP contribution in [0.4, 0.5) is 0 Å². The molecule has 2 fully saturated rings. The molecule has 7 unspecified atom stereocenters. The fourth-order valence-electron chi connectivity index (χ4n) is 2.55. The van der Waals surface area contributed by atoms with Crippen LogP contribution in [0.2, 0.25) is 0 Å². The van der Waals surface area contributed by atoms with Crippen LogP contribution in [0.15, 0.2) is 0 Å². The first-order valence-corrected chi connectivity index (χ1v) is 7.01. The van der Waals surface area contributed by atoms with Crippen molar-refractivity contribution in [3.05, 3.63) is 0 Å². The maximum atomic E-state index is 9.94. The molecule has 0 spiro atoms. The zero-order chi connectivity index (χ0) is 17.4. The Morgan fingerprint density at radius 1 is 0.957 bits per heavy atom. The van der Waals surface area contributed by atoms with Crippen LogP contribution in [0.25, 0.3) is 0 Å². The minimum atomic E-state index is -2.37. The van der Waals surface area contributed by atoms with Gasteiger partial charge in [0.1, 0.15) is 43.2 Å². The predicted molar refractivity (Wildman–Crippen MR) is 68.7 cm³/mol. The van der Waals surface area contributed by atoms with E-state index in [1.807, 2.05) is 0 Å². The van der Waals surface area contributed by atoms with E-state index in [-0.39, 0.29) is 0 Å². The van der Waals surface area contributed by atoms with Crippen molar-refractivity contribution in [1.82, 2.24) is 0 Å². The normalized spacial score (nSPS) is 51.1. The van der Waals surface area contributed by atoms with Gasteiger partial charge in [0.2, 0.25) is 11.6 Å². The van der Waals surface area contributed by atoms with Gasteiger partial charge < -0.3 is 55.1 Å². The molecule has 23 heavy (non-hydrogen) atoms.